The average molecular weight is 373 g/mol. The molecule has 1 aliphatic rings. The minimum atomic E-state index is -0.574. The van der Waals surface area contributed by atoms with Crippen LogP contribution < -0.4 is 4.74 Å². The molecule has 0 saturated heterocycles. The first kappa shape index (κ1) is 17.7. The number of esters is 1. The second-order valence-electron chi connectivity index (χ2n) is 6.19. The van der Waals surface area contributed by atoms with E-state index in [9.17, 15) is 9.18 Å². The molecule has 0 amide bonds. The van der Waals surface area contributed by atoms with Gasteiger partial charge in [0.15, 0.2) is 5.70 Å². The van der Waals surface area contributed by atoms with Crippen molar-refractivity contribution < 1.29 is 18.7 Å². The van der Waals surface area contributed by atoms with Crippen LogP contribution >= 0.6 is 0 Å². The molecule has 4 nitrogen and oxygen atoms in total. The van der Waals surface area contributed by atoms with E-state index < -0.39 is 11.8 Å². The Morgan fingerprint density at radius 2 is 1.79 bits per heavy atom. The Hall–Kier alpha value is -3.73. The minimum absolute atomic E-state index is 0.0900. The van der Waals surface area contributed by atoms with E-state index in [1.807, 2.05) is 54.6 Å². The molecule has 0 unspecified atom stereocenters. The van der Waals surface area contributed by atoms with Crippen LogP contribution in [-0.2, 0) is 16.1 Å². The number of halogens is 1. The molecule has 0 N–H and O–H groups in total. The van der Waals surface area contributed by atoms with Gasteiger partial charge in [0, 0.05) is 5.56 Å². The lowest BCUT2D eigenvalue weighted by Crippen LogP contribution is -2.05. The summed E-state index contributed by atoms with van der Waals surface area (Å²) in [5.41, 5.74) is 2.38. The normalized spacial score (nSPS) is 14.7. The van der Waals surface area contributed by atoms with Crippen LogP contribution in [0.5, 0.6) is 5.75 Å². The highest BCUT2D eigenvalue weighted by Crippen LogP contribution is 2.22. The van der Waals surface area contributed by atoms with Crippen molar-refractivity contribution in [1.29, 1.82) is 0 Å². The zero-order valence-electron chi connectivity index (χ0n) is 14.8. The third-order valence-corrected chi connectivity index (χ3v) is 4.10. The van der Waals surface area contributed by atoms with Gasteiger partial charge >= 0.3 is 5.97 Å². The van der Waals surface area contributed by atoms with Gasteiger partial charge in [-0.05, 0) is 47.5 Å². The molecule has 1 aliphatic heterocycles. The smallest absolute Gasteiger partial charge is 0.363 e. The first-order valence-electron chi connectivity index (χ1n) is 8.73. The summed E-state index contributed by atoms with van der Waals surface area (Å²) in [7, 11) is 0. The molecule has 4 rings (SSSR count). The molecular formula is C23H16FNO3. The highest BCUT2D eigenvalue weighted by atomic mass is 19.1. The molecule has 0 aromatic heterocycles. The maximum Gasteiger partial charge on any atom is 0.363 e. The summed E-state index contributed by atoms with van der Waals surface area (Å²) in [5.74, 6) is -0.224. The van der Waals surface area contributed by atoms with Crippen LogP contribution in [0.2, 0.25) is 0 Å². The Morgan fingerprint density at radius 3 is 2.61 bits per heavy atom. The summed E-state index contributed by atoms with van der Waals surface area (Å²) in [6.07, 6.45) is 1.62. The summed E-state index contributed by atoms with van der Waals surface area (Å²) in [5, 5.41) is 0. The first-order valence-corrected chi connectivity index (χ1v) is 8.73. The number of ether oxygens (including phenoxy) is 2. The van der Waals surface area contributed by atoms with Crippen LogP contribution in [0.25, 0.3) is 6.08 Å². The van der Waals surface area contributed by atoms with E-state index in [1.54, 1.807) is 12.1 Å². The van der Waals surface area contributed by atoms with Gasteiger partial charge in [-0.2, -0.15) is 0 Å². The summed E-state index contributed by atoms with van der Waals surface area (Å²) in [6, 6.07) is 23.0. The summed E-state index contributed by atoms with van der Waals surface area (Å²) >= 11 is 0. The van der Waals surface area contributed by atoms with Gasteiger partial charge in [0.2, 0.25) is 5.90 Å². The summed E-state index contributed by atoms with van der Waals surface area (Å²) < 4.78 is 24.3. The van der Waals surface area contributed by atoms with Crippen molar-refractivity contribution in [3.63, 3.8) is 0 Å². The maximum absolute atomic E-state index is 13.4. The zero-order chi connectivity index (χ0) is 19.3. The van der Waals surface area contributed by atoms with Crippen LogP contribution in [0.4, 0.5) is 4.39 Å². The Kier molecular flexibility index (Phi) is 4.97. The highest BCUT2D eigenvalue weighted by Gasteiger charge is 2.24. The third kappa shape index (κ3) is 4.15. The fraction of sp³-hybridized carbons (Fsp3) is 0.0435. The van der Waals surface area contributed by atoms with E-state index in [2.05, 4.69) is 4.99 Å². The summed E-state index contributed by atoms with van der Waals surface area (Å²) in [4.78, 5) is 16.3. The second kappa shape index (κ2) is 7.88. The molecule has 0 atom stereocenters. The van der Waals surface area contributed by atoms with E-state index in [4.69, 9.17) is 9.47 Å². The Labute approximate surface area is 161 Å². The van der Waals surface area contributed by atoms with Crippen molar-refractivity contribution in [1.82, 2.24) is 0 Å². The van der Waals surface area contributed by atoms with E-state index in [-0.39, 0.29) is 11.6 Å². The number of aliphatic imine (C=N–C) groups is 1. The van der Waals surface area contributed by atoms with Crippen molar-refractivity contribution in [3.05, 3.63) is 107 Å². The van der Waals surface area contributed by atoms with Crippen LogP contribution in [0, 0.1) is 5.82 Å². The largest absolute Gasteiger partial charge is 0.489 e. The standard InChI is InChI=1S/C23H16FNO3/c24-19-10-5-9-18(14-19)22-25-21(23(26)28-22)13-17-8-4-11-20(12-17)27-15-16-6-2-1-3-7-16/h1-14H,15H2. The molecule has 28 heavy (non-hydrogen) atoms. The van der Waals surface area contributed by atoms with Gasteiger partial charge in [0.1, 0.15) is 18.2 Å². The lowest BCUT2D eigenvalue weighted by Gasteiger charge is -2.07. The number of carbonyl (C=O) groups excluding carboxylic acids is 1. The molecule has 138 valence electrons. The van der Waals surface area contributed by atoms with Crippen molar-refractivity contribution >= 4 is 17.9 Å². The maximum atomic E-state index is 13.4. The van der Waals surface area contributed by atoms with Crippen molar-refractivity contribution in [2.24, 2.45) is 4.99 Å². The highest BCUT2D eigenvalue weighted by molar-refractivity contribution is 6.12. The number of nitrogens with zero attached hydrogens (tertiary/aromatic N) is 1. The van der Waals surface area contributed by atoms with Gasteiger partial charge in [-0.1, -0.05) is 48.5 Å². The number of rotatable bonds is 5. The SMILES string of the molecule is O=C1OC(c2cccc(F)c2)=NC1=Cc1cccc(OCc2ccccc2)c1. The molecule has 3 aromatic rings. The van der Waals surface area contributed by atoms with E-state index in [0.29, 0.717) is 17.9 Å². The molecule has 0 fully saturated rings. The zero-order valence-corrected chi connectivity index (χ0v) is 14.8. The van der Waals surface area contributed by atoms with Crippen LogP contribution in [0.15, 0.2) is 89.6 Å². The van der Waals surface area contributed by atoms with Crippen LogP contribution in [-0.4, -0.2) is 11.9 Å². The Morgan fingerprint density at radius 1 is 0.964 bits per heavy atom. The van der Waals surface area contributed by atoms with Gasteiger partial charge in [0.05, 0.1) is 0 Å². The molecular weight excluding hydrogens is 357 g/mol. The minimum Gasteiger partial charge on any atom is -0.489 e. The first-order chi connectivity index (χ1) is 13.7. The molecule has 0 aliphatic carbocycles. The quantitative estimate of drug-likeness (QED) is 0.479. The number of carbonyl (C=O) groups is 1. The number of benzene rings is 3. The van der Waals surface area contributed by atoms with Crippen LogP contribution in [0.1, 0.15) is 16.7 Å². The van der Waals surface area contributed by atoms with Gasteiger partial charge in [-0.15, -0.1) is 0 Å². The molecule has 3 aromatic carbocycles. The molecule has 0 radical (unpaired) electrons. The van der Waals surface area contributed by atoms with Gasteiger partial charge < -0.3 is 9.47 Å². The number of hydrogen-bond donors (Lipinski definition) is 0. The predicted octanol–water partition coefficient (Wildman–Crippen LogP) is 4.75. The lowest BCUT2D eigenvalue weighted by molar-refractivity contribution is -0.129. The van der Waals surface area contributed by atoms with E-state index in [0.717, 1.165) is 11.1 Å². The topological polar surface area (TPSA) is 47.9 Å². The monoisotopic (exact) mass is 373 g/mol. The predicted molar refractivity (Wildman–Crippen MR) is 104 cm³/mol. The fourth-order valence-electron chi connectivity index (χ4n) is 2.75. The molecule has 5 heteroatoms. The summed E-state index contributed by atoms with van der Waals surface area (Å²) in [6.45, 7) is 0.449. The Bertz CT molecular complexity index is 1070. The number of hydrogen-bond acceptors (Lipinski definition) is 4. The van der Waals surface area contributed by atoms with E-state index in [1.165, 1.54) is 18.2 Å². The molecule has 1 heterocycles. The second-order valence-corrected chi connectivity index (χ2v) is 6.19. The fourth-order valence-corrected chi connectivity index (χ4v) is 2.75. The molecule has 0 bridgehead atoms. The van der Waals surface area contributed by atoms with Crippen LogP contribution in [0.3, 0.4) is 0 Å². The van der Waals surface area contributed by atoms with Gasteiger partial charge in [0.25, 0.3) is 0 Å². The van der Waals surface area contributed by atoms with Gasteiger partial charge in [-0.3, -0.25) is 0 Å². The Balaban J connectivity index is 1.52. The van der Waals surface area contributed by atoms with Gasteiger partial charge in [-0.25, -0.2) is 14.2 Å². The third-order valence-electron chi connectivity index (χ3n) is 4.10. The number of cyclic esters (lactones) is 1. The average Bonchev–Trinajstić information content (AvgIpc) is 3.08. The van der Waals surface area contributed by atoms with Crippen molar-refractivity contribution in [2.45, 2.75) is 6.61 Å². The van der Waals surface area contributed by atoms with Crippen molar-refractivity contribution in [2.75, 3.05) is 0 Å². The molecule has 0 saturated carbocycles. The van der Waals surface area contributed by atoms with E-state index >= 15 is 0 Å². The lowest BCUT2D eigenvalue weighted by atomic mass is 10.2. The van der Waals surface area contributed by atoms with Crippen molar-refractivity contribution in [3.8, 4) is 5.75 Å². The molecule has 0 spiro atoms.